The number of benzene rings is 3. The Morgan fingerprint density at radius 3 is 2.29 bits per heavy atom. The molecule has 5 rings (SSSR count). The normalized spacial score (nSPS) is 15.4. The fourth-order valence-electron chi connectivity index (χ4n) is 4.49. The van der Waals surface area contributed by atoms with Crippen molar-refractivity contribution in [1.82, 2.24) is 15.1 Å². The Labute approximate surface area is 227 Å². The third-order valence-electron chi connectivity index (χ3n) is 6.58. The number of rotatable bonds is 6. The van der Waals surface area contributed by atoms with E-state index in [1.54, 1.807) is 11.8 Å². The predicted molar refractivity (Wildman–Crippen MR) is 151 cm³/mol. The summed E-state index contributed by atoms with van der Waals surface area (Å²) in [6.07, 6.45) is 1.25. The van der Waals surface area contributed by atoms with Gasteiger partial charge in [0.15, 0.2) is 0 Å². The van der Waals surface area contributed by atoms with Crippen LogP contribution in [-0.2, 0) is 4.79 Å². The van der Waals surface area contributed by atoms with Crippen molar-refractivity contribution >= 4 is 24.2 Å². The molecule has 1 N–H and O–H groups in total. The van der Waals surface area contributed by atoms with Gasteiger partial charge in [-0.25, -0.2) is 4.68 Å². The van der Waals surface area contributed by atoms with Crippen LogP contribution in [-0.4, -0.2) is 22.8 Å². The van der Waals surface area contributed by atoms with Crippen LogP contribution in [0.3, 0.4) is 0 Å². The molecule has 1 amide bonds. The summed E-state index contributed by atoms with van der Waals surface area (Å²) in [5.74, 6) is 0.618. The number of anilines is 1. The third kappa shape index (κ3) is 4.64. The molecule has 0 radical (unpaired) electrons. The van der Waals surface area contributed by atoms with Crippen LogP contribution in [0, 0.1) is 11.3 Å². The van der Waals surface area contributed by atoms with E-state index in [9.17, 15) is 10.1 Å². The number of nitriles is 1. The van der Waals surface area contributed by atoms with Gasteiger partial charge in [0.2, 0.25) is 0 Å². The zero-order chi connectivity index (χ0) is 26.8. The van der Waals surface area contributed by atoms with E-state index in [4.69, 9.17) is 9.84 Å². The zero-order valence-corrected chi connectivity index (χ0v) is 22.2. The lowest BCUT2D eigenvalue weighted by Gasteiger charge is -2.37. The molecule has 4 aromatic rings. The van der Waals surface area contributed by atoms with Gasteiger partial charge in [-0.3, -0.25) is 4.79 Å². The number of ether oxygens (including phenoxy) is 1. The summed E-state index contributed by atoms with van der Waals surface area (Å²) in [6, 6.07) is 27.5. The molecule has 38 heavy (non-hydrogen) atoms. The highest BCUT2D eigenvalue weighted by atomic mass is 32.1. The van der Waals surface area contributed by atoms with Gasteiger partial charge in [0.25, 0.3) is 5.91 Å². The van der Waals surface area contributed by atoms with Crippen LogP contribution in [0.15, 0.2) is 95.7 Å². The molecular weight excluding hydrogens is 494 g/mol. The van der Waals surface area contributed by atoms with E-state index >= 15 is 0 Å². The lowest BCUT2D eigenvalue weighted by atomic mass is 10.0. The summed E-state index contributed by atoms with van der Waals surface area (Å²) in [7, 11) is 1.62. The molecule has 0 spiro atoms. The molecule has 3 aromatic carbocycles. The van der Waals surface area contributed by atoms with Gasteiger partial charge in [-0.2, -0.15) is 10.4 Å². The van der Waals surface area contributed by atoms with Gasteiger partial charge in [0.1, 0.15) is 23.6 Å². The van der Waals surface area contributed by atoms with E-state index in [-0.39, 0.29) is 10.6 Å². The second-order valence-electron chi connectivity index (χ2n) is 9.24. The second-order valence-corrected chi connectivity index (χ2v) is 9.67. The summed E-state index contributed by atoms with van der Waals surface area (Å²) < 4.78 is 7.14. The topological polar surface area (TPSA) is 83.2 Å². The maximum atomic E-state index is 13.0. The number of carbonyl (C=O) groups is 1. The largest absolute Gasteiger partial charge is 0.497 e. The number of methoxy groups -OCH3 is 1. The van der Waals surface area contributed by atoms with Crippen molar-refractivity contribution in [2.45, 2.75) is 25.9 Å². The number of carbonyl (C=O) groups excluding carboxylic acids is 1. The smallest absolute Gasteiger partial charge is 0.266 e. The van der Waals surface area contributed by atoms with Crippen molar-refractivity contribution in [3.05, 3.63) is 107 Å². The first-order chi connectivity index (χ1) is 18.4. The highest BCUT2D eigenvalue weighted by Gasteiger charge is 2.36. The molecule has 7 nitrogen and oxygen atoms in total. The summed E-state index contributed by atoms with van der Waals surface area (Å²) in [6.45, 7) is 4.27. The number of amides is 1. The van der Waals surface area contributed by atoms with Crippen LogP contribution in [0.4, 0.5) is 5.69 Å². The number of nitrogens with zero attached hydrogens (tertiary/aromatic N) is 4. The molecule has 0 fully saturated rings. The van der Waals surface area contributed by atoms with Crippen LogP contribution in [0.25, 0.3) is 16.9 Å². The Kier molecular flexibility index (Phi) is 6.95. The van der Waals surface area contributed by atoms with Crippen molar-refractivity contribution in [2.75, 3.05) is 12.0 Å². The van der Waals surface area contributed by atoms with Crippen molar-refractivity contribution in [3.8, 4) is 28.8 Å². The Morgan fingerprint density at radius 1 is 1.00 bits per heavy atom. The molecule has 190 valence electrons. The maximum absolute atomic E-state index is 13.0. The molecule has 2 heterocycles. The number of hydrogen-bond donors (Lipinski definition) is 2. The first kappa shape index (κ1) is 25.2. The quantitative estimate of drug-likeness (QED) is 0.306. The minimum absolute atomic E-state index is 0.0426. The van der Waals surface area contributed by atoms with Gasteiger partial charge in [-0.05, 0) is 60.0 Å². The van der Waals surface area contributed by atoms with E-state index in [0.29, 0.717) is 11.6 Å². The number of aromatic nitrogens is 2. The van der Waals surface area contributed by atoms with E-state index < -0.39 is 12.1 Å². The molecule has 0 aliphatic carbocycles. The van der Waals surface area contributed by atoms with Gasteiger partial charge in [0.05, 0.1) is 23.5 Å². The minimum Gasteiger partial charge on any atom is -0.497 e. The summed E-state index contributed by atoms with van der Waals surface area (Å²) >= 11 is 4.68. The molecule has 1 aromatic heterocycles. The SMILES string of the molecule is COc1ccc(-c2nn(-c3ccccc3)cc2C2NC(=O)C(C#N)=C(S)N2c2ccc(C(C)C)cc2)cc1. The molecule has 1 unspecified atom stereocenters. The van der Waals surface area contributed by atoms with Crippen molar-refractivity contribution in [2.24, 2.45) is 0 Å². The lowest BCUT2D eigenvalue weighted by Crippen LogP contribution is -2.46. The number of nitrogens with one attached hydrogen (secondary N) is 1. The van der Waals surface area contributed by atoms with Crippen LogP contribution in [0.1, 0.15) is 37.1 Å². The van der Waals surface area contributed by atoms with E-state index in [1.807, 2.05) is 83.9 Å². The minimum atomic E-state index is -0.661. The van der Waals surface area contributed by atoms with Crippen molar-refractivity contribution < 1.29 is 9.53 Å². The summed E-state index contributed by atoms with van der Waals surface area (Å²) in [5, 5.41) is 18.0. The average molecular weight is 522 g/mol. The van der Waals surface area contributed by atoms with E-state index in [0.717, 1.165) is 28.3 Å². The predicted octanol–water partition coefficient (Wildman–Crippen LogP) is 5.97. The highest BCUT2D eigenvalue weighted by molar-refractivity contribution is 7.84. The monoisotopic (exact) mass is 521 g/mol. The summed E-state index contributed by atoms with van der Waals surface area (Å²) in [4.78, 5) is 14.9. The Bertz CT molecular complexity index is 1530. The van der Waals surface area contributed by atoms with E-state index in [2.05, 4.69) is 43.9 Å². The fraction of sp³-hybridized carbons (Fsp3) is 0.167. The maximum Gasteiger partial charge on any atom is 0.266 e. The number of para-hydroxylation sites is 1. The molecule has 0 saturated carbocycles. The molecule has 1 atom stereocenters. The molecule has 1 aliphatic heterocycles. The molecule has 0 saturated heterocycles. The molecule has 1 aliphatic rings. The van der Waals surface area contributed by atoms with Gasteiger partial charge in [-0.1, -0.05) is 44.2 Å². The highest BCUT2D eigenvalue weighted by Crippen LogP contribution is 2.39. The Hall–Kier alpha value is -4.48. The van der Waals surface area contributed by atoms with Crippen LogP contribution < -0.4 is 15.0 Å². The number of hydrogen-bond acceptors (Lipinski definition) is 6. The molecular formula is C30H27N5O2S. The van der Waals surface area contributed by atoms with Gasteiger partial charge >= 0.3 is 0 Å². The average Bonchev–Trinajstić information content (AvgIpc) is 3.39. The van der Waals surface area contributed by atoms with Crippen molar-refractivity contribution in [3.63, 3.8) is 0 Å². The lowest BCUT2D eigenvalue weighted by molar-refractivity contribution is -0.118. The Balaban J connectivity index is 1.70. The summed E-state index contributed by atoms with van der Waals surface area (Å²) in [5.41, 5.74) is 5.12. The molecule has 8 heteroatoms. The zero-order valence-electron chi connectivity index (χ0n) is 21.3. The Morgan fingerprint density at radius 2 is 1.68 bits per heavy atom. The first-order valence-corrected chi connectivity index (χ1v) is 12.7. The number of thiol groups is 1. The van der Waals surface area contributed by atoms with Crippen molar-refractivity contribution in [1.29, 1.82) is 5.26 Å². The molecule has 0 bridgehead atoms. The van der Waals surface area contributed by atoms with Crippen LogP contribution in [0.5, 0.6) is 5.75 Å². The van der Waals surface area contributed by atoms with Gasteiger partial charge in [0, 0.05) is 23.0 Å². The fourth-order valence-corrected chi connectivity index (χ4v) is 4.87. The second kappa shape index (κ2) is 10.5. The first-order valence-electron chi connectivity index (χ1n) is 12.2. The van der Waals surface area contributed by atoms with Gasteiger partial charge in [-0.15, -0.1) is 12.6 Å². The van der Waals surface area contributed by atoms with Crippen LogP contribution in [0.2, 0.25) is 0 Å². The standard InChI is InChI=1S/C30H27N5O2S/c1-19(2)20-9-13-23(14-10-20)35-28(32-29(36)25(17-31)30(35)38)26-18-34(22-7-5-4-6-8-22)33-27(26)21-11-15-24(37-3)16-12-21/h4-16,18-19,28,38H,1-3H3,(H,32,36). The van der Waals surface area contributed by atoms with Crippen LogP contribution >= 0.6 is 12.6 Å². The van der Waals surface area contributed by atoms with E-state index in [1.165, 1.54) is 5.56 Å². The third-order valence-corrected chi connectivity index (χ3v) is 7.01. The van der Waals surface area contributed by atoms with Gasteiger partial charge < -0.3 is 15.0 Å².